The first-order valence-corrected chi connectivity index (χ1v) is 8.84. The van der Waals surface area contributed by atoms with E-state index >= 15 is 0 Å². The first-order chi connectivity index (χ1) is 12.1. The molecule has 0 radical (unpaired) electrons. The number of benzene rings is 1. The van der Waals surface area contributed by atoms with Gasteiger partial charge >= 0.3 is 0 Å². The van der Waals surface area contributed by atoms with Crippen molar-refractivity contribution < 1.29 is 13.9 Å². The van der Waals surface area contributed by atoms with E-state index in [9.17, 15) is 9.18 Å². The van der Waals surface area contributed by atoms with Crippen LogP contribution in [0.25, 0.3) is 0 Å². The number of hydrogen-bond acceptors (Lipinski definition) is 3. The summed E-state index contributed by atoms with van der Waals surface area (Å²) >= 11 is 6.03. The van der Waals surface area contributed by atoms with Crippen LogP contribution in [0, 0.1) is 5.82 Å². The van der Waals surface area contributed by atoms with Crippen molar-refractivity contribution in [2.75, 3.05) is 19.7 Å². The standard InChI is InChI=1S/C18H19ClFN3O2/c19-14-2-1-3-15(20)13(14)10-16(24)23-7-5-18(6-8-23)17-12(4-9-25-18)11-21-22-17/h1-3,11H,4-10H2,(H,21,22). The fraction of sp³-hybridized carbons (Fsp3) is 0.444. The number of nitrogens with one attached hydrogen (secondary N) is 1. The molecular formula is C18H19ClFN3O2. The molecular weight excluding hydrogens is 345 g/mol. The predicted octanol–water partition coefficient (Wildman–Crippen LogP) is 2.84. The van der Waals surface area contributed by atoms with E-state index < -0.39 is 5.82 Å². The third-order valence-corrected chi connectivity index (χ3v) is 5.59. The van der Waals surface area contributed by atoms with Gasteiger partial charge in [-0.1, -0.05) is 17.7 Å². The van der Waals surface area contributed by atoms with E-state index in [1.165, 1.54) is 11.6 Å². The Morgan fingerprint density at radius 2 is 2.20 bits per heavy atom. The van der Waals surface area contributed by atoms with Crippen molar-refractivity contribution in [1.29, 1.82) is 0 Å². The number of halogens is 2. The monoisotopic (exact) mass is 363 g/mol. The summed E-state index contributed by atoms with van der Waals surface area (Å²) in [5.74, 6) is -0.547. The van der Waals surface area contributed by atoms with Crippen molar-refractivity contribution in [3.8, 4) is 0 Å². The maximum Gasteiger partial charge on any atom is 0.227 e. The van der Waals surface area contributed by atoms with Crippen LogP contribution in [-0.4, -0.2) is 40.7 Å². The number of ether oxygens (including phenoxy) is 1. The third-order valence-electron chi connectivity index (χ3n) is 5.24. The molecule has 1 aromatic carbocycles. The van der Waals surface area contributed by atoms with Gasteiger partial charge < -0.3 is 9.64 Å². The van der Waals surface area contributed by atoms with Crippen molar-refractivity contribution >= 4 is 17.5 Å². The number of aromatic nitrogens is 2. The molecule has 2 aromatic rings. The summed E-state index contributed by atoms with van der Waals surface area (Å²) in [6.07, 6.45) is 4.12. The number of fused-ring (bicyclic) bond motifs is 2. The Morgan fingerprint density at radius 1 is 1.40 bits per heavy atom. The summed E-state index contributed by atoms with van der Waals surface area (Å²) in [4.78, 5) is 14.3. The van der Waals surface area contributed by atoms with Gasteiger partial charge in [-0.25, -0.2) is 4.39 Å². The largest absolute Gasteiger partial charge is 0.368 e. The average Bonchev–Trinajstić information content (AvgIpc) is 3.09. The normalized spacial score (nSPS) is 19.0. The molecule has 7 heteroatoms. The molecule has 25 heavy (non-hydrogen) atoms. The molecule has 0 bridgehead atoms. The average molecular weight is 364 g/mol. The van der Waals surface area contributed by atoms with E-state index in [4.69, 9.17) is 16.3 Å². The van der Waals surface area contributed by atoms with Gasteiger partial charge in [-0.2, -0.15) is 5.10 Å². The molecule has 5 nitrogen and oxygen atoms in total. The molecule has 0 aliphatic carbocycles. The minimum absolute atomic E-state index is 0.0192. The van der Waals surface area contributed by atoms with Crippen molar-refractivity contribution in [3.63, 3.8) is 0 Å². The Bertz CT molecular complexity index is 779. The maximum absolute atomic E-state index is 13.9. The molecule has 1 fully saturated rings. The number of carbonyl (C=O) groups excluding carboxylic acids is 1. The molecule has 0 atom stereocenters. The molecule has 132 valence electrons. The second-order valence-corrected chi connectivity index (χ2v) is 7.03. The third kappa shape index (κ3) is 2.93. The number of likely N-dealkylation sites (tertiary alicyclic amines) is 1. The van der Waals surface area contributed by atoms with Gasteiger partial charge in [0.05, 0.1) is 24.9 Å². The lowest BCUT2D eigenvalue weighted by molar-refractivity contribution is -0.140. The number of carbonyl (C=O) groups is 1. The van der Waals surface area contributed by atoms with Gasteiger partial charge in [0.25, 0.3) is 0 Å². The zero-order chi connectivity index (χ0) is 17.4. The molecule has 0 saturated carbocycles. The van der Waals surface area contributed by atoms with Crippen LogP contribution in [0.2, 0.25) is 5.02 Å². The number of hydrogen-bond donors (Lipinski definition) is 1. The Kier molecular flexibility index (Phi) is 4.25. The maximum atomic E-state index is 13.9. The number of piperidine rings is 1. The highest BCUT2D eigenvalue weighted by molar-refractivity contribution is 6.31. The first kappa shape index (κ1) is 16.5. The molecule has 1 saturated heterocycles. The second kappa shape index (κ2) is 6.42. The quantitative estimate of drug-likeness (QED) is 0.892. The van der Waals surface area contributed by atoms with Gasteiger partial charge in [-0.15, -0.1) is 0 Å². The molecule has 1 amide bonds. The predicted molar refractivity (Wildman–Crippen MR) is 90.8 cm³/mol. The fourth-order valence-electron chi connectivity index (χ4n) is 3.80. The van der Waals surface area contributed by atoms with Crippen molar-refractivity contribution in [2.45, 2.75) is 31.3 Å². The van der Waals surface area contributed by atoms with Crippen LogP contribution in [-0.2, 0) is 28.0 Å². The van der Waals surface area contributed by atoms with E-state index in [1.54, 1.807) is 17.0 Å². The van der Waals surface area contributed by atoms with Gasteiger partial charge in [0, 0.05) is 23.7 Å². The number of rotatable bonds is 2. The number of H-pyrrole nitrogens is 1. The molecule has 1 aromatic heterocycles. The topological polar surface area (TPSA) is 58.2 Å². The zero-order valence-electron chi connectivity index (χ0n) is 13.7. The summed E-state index contributed by atoms with van der Waals surface area (Å²) in [5, 5.41) is 7.50. The van der Waals surface area contributed by atoms with Crippen LogP contribution < -0.4 is 0 Å². The van der Waals surface area contributed by atoms with Gasteiger partial charge in [0.1, 0.15) is 11.4 Å². The molecule has 3 heterocycles. The smallest absolute Gasteiger partial charge is 0.227 e. The lowest BCUT2D eigenvalue weighted by Gasteiger charge is -2.43. The lowest BCUT2D eigenvalue weighted by Crippen LogP contribution is -2.48. The van der Waals surface area contributed by atoms with Crippen LogP contribution >= 0.6 is 11.6 Å². The van der Waals surface area contributed by atoms with E-state index in [1.807, 2.05) is 6.20 Å². The van der Waals surface area contributed by atoms with Crippen LogP contribution in [0.5, 0.6) is 0 Å². The van der Waals surface area contributed by atoms with Gasteiger partial charge in [0.2, 0.25) is 5.91 Å². The number of nitrogens with zero attached hydrogens (tertiary/aromatic N) is 2. The summed E-state index contributed by atoms with van der Waals surface area (Å²) in [7, 11) is 0. The van der Waals surface area contributed by atoms with E-state index in [0.717, 1.165) is 12.1 Å². The minimum Gasteiger partial charge on any atom is -0.368 e. The summed E-state index contributed by atoms with van der Waals surface area (Å²) in [6.45, 7) is 1.82. The van der Waals surface area contributed by atoms with Gasteiger partial charge in [-0.3, -0.25) is 9.89 Å². The number of aromatic amines is 1. The molecule has 1 spiro atoms. The van der Waals surface area contributed by atoms with E-state index in [-0.39, 0.29) is 23.5 Å². The Labute approximate surface area is 150 Å². The summed E-state index contributed by atoms with van der Waals surface area (Å²) in [5.41, 5.74) is 2.13. The van der Waals surface area contributed by atoms with E-state index in [0.29, 0.717) is 37.6 Å². The van der Waals surface area contributed by atoms with Crippen molar-refractivity contribution in [3.05, 3.63) is 52.1 Å². The lowest BCUT2D eigenvalue weighted by atomic mass is 9.83. The van der Waals surface area contributed by atoms with Crippen LogP contribution in [0.4, 0.5) is 4.39 Å². The summed E-state index contributed by atoms with van der Waals surface area (Å²) < 4.78 is 20.0. The Balaban J connectivity index is 1.45. The summed E-state index contributed by atoms with van der Waals surface area (Å²) in [6, 6.07) is 4.47. The van der Waals surface area contributed by atoms with E-state index in [2.05, 4.69) is 10.2 Å². The van der Waals surface area contributed by atoms with Crippen molar-refractivity contribution in [1.82, 2.24) is 15.1 Å². The van der Waals surface area contributed by atoms with Gasteiger partial charge in [0.15, 0.2) is 0 Å². The fourth-order valence-corrected chi connectivity index (χ4v) is 4.03. The highest BCUT2D eigenvalue weighted by Gasteiger charge is 2.43. The SMILES string of the molecule is O=C(Cc1c(F)cccc1Cl)N1CCC2(CC1)OCCc1cn[nH]c12. The molecule has 1 N–H and O–H groups in total. The van der Waals surface area contributed by atoms with Crippen molar-refractivity contribution in [2.24, 2.45) is 0 Å². The van der Waals surface area contributed by atoms with Crippen LogP contribution in [0.15, 0.2) is 24.4 Å². The van der Waals surface area contributed by atoms with Crippen LogP contribution in [0.3, 0.4) is 0 Å². The highest BCUT2D eigenvalue weighted by Crippen LogP contribution is 2.40. The minimum atomic E-state index is -0.438. The molecule has 2 aliphatic heterocycles. The molecule has 0 unspecified atom stereocenters. The zero-order valence-corrected chi connectivity index (χ0v) is 14.5. The Hall–Kier alpha value is -1.92. The van der Waals surface area contributed by atoms with Gasteiger partial charge in [-0.05, 0) is 37.0 Å². The number of amides is 1. The van der Waals surface area contributed by atoms with Crippen LogP contribution in [0.1, 0.15) is 29.7 Å². The molecule has 4 rings (SSSR count). The highest BCUT2D eigenvalue weighted by atomic mass is 35.5. The first-order valence-electron chi connectivity index (χ1n) is 8.46. The second-order valence-electron chi connectivity index (χ2n) is 6.62. The Morgan fingerprint density at radius 3 is 2.96 bits per heavy atom. The molecule has 2 aliphatic rings.